The standard InChI is InChI=1S/C22H23ClN6O2S/c23-17-11-26-22(27-15-1-3-16(4-2-15)29-9-10-31-13-19(29)30)28-20(17)18-12-25-21(32-18)14-5-7-24-8-6-14/h1-4,11-12,14,24H,5-10,13H2,(H,26,27,28). The molecule has 0 radical (unpaired) electrons. The first-order valence-corrected chi connectivity index (χ1v) is 11.8. The van der Waals surface area contributed by atoms with Gasteiger partial charge < -0.3 is 20.3 Å². The van der Waals surface area contributed by atoms with Crippen LogP contribution in [0.25, 0.3) is 10.6 Å². The highest BCUT2D eigenvalue weighted by molar-refractivity contribution is 7.15. The molecule has 2 fully saturated rings. The molecule has 2 aliphatic rings. The Balaban J connectivity index is 1.32. The number of amides is 1. The normalized spacial score (nSPS) is 17.5. The highest BCUT2D eigenvalue weighted by Crippen LogP contribution is 2.36. The van der Waals surface area contributed by atoms with Crippen LogP contribution in [0, 0.1) is 0 Å². The molecule has 32 heavy (non-hydrogen) atoms. The average Bonchev–Trinajstić information content (AvgIpc) is 3.32. The van der Waals surface area contributed by atoms with Gasteiger partial charge in [-0.05, 0) is 50.2 Å². The Morgan fingerprint density at radius 3 is 2.75 bits per heavy atom. The smallest absolute Gasteiger partial charge is 0.253 e. The molecule has 166 valence electrons. The van der Waals surface area contributed by atoms with Crippen LogP contribution in [0.5, 0.6) is 0 Å². The number of anilines is 3. The summed E-state index contributed by atoms with van der Waals surface area (Å²) in [4.78, 5) is 28.3. The lowest BCUT2D eigenvalue weighted by molar-refractivity contribution is -0.125. The zero-order valence-electron chi connectivity index (χ0n) is 17.4. The number of morpholine rings is 1. The number of piperidine rings is 1. The van der Waals surface area contributed by atoms with Crippen molar-refractivity contribution in [3.63, 3.8) is 0 Å². The Bertz CT molecular complexity index is 1100. The number of nitrogens with zero attached hydrogens (tertiary/aromatic N) is 4. The molecule has 0 spiro atoms. The summed E-state index contributed by atoms with van der Waals surface area (Å²) in [5.41, 5.74) is 2.34. The molecule has 0 atom stereocenters. The SMILES string of the molecule is O=C1COCCN1c1ccc(Nc2ncc(Cl)c(-c3cnc(C4CCNCC4)s3)n2)cc1. The lowest BCUT2D eigenvalue weighted by Gasteiger charge is -2.26. The first-order chi connectivity index (χ1) is 15.7. The fourth-order valence-electron chi connectivity index (χ4n) is 3.90. The van der Waals surface area contributed by atoms with Gasteiger partial charge in [0.15, 0.2) is 0 Å². The second-order valence-electron chi connectivity index (χ2n) is 7.75. The monoisotopic (exact) mass is 470 g/mol. The molecule has 0 saturated carbocycles. The largest absolute Gasteiger partial charge is 0.370 e. The molecular weight excluding hydrogens is 448 g/mol. The van der Waals surface area contributed by atoms with Gasteiger partial charge in [0.2, 0.25) is 5.95 Å². The number of halogens is 1. The Labute approximate surface area is 195 Å². The third kappa shape index (κ3) is 4.61. The third-order valence-corrected chi connectivity index (χ3v) is 7.05. The fourth-order valence-corrected chi connectivity index (χ4v) is 5.24. The number of aromatic nitrogens is 3. The van der Waals surface area contributed by atoms with Gasteiger partial charge in [0.1, 0.15) is 12.3 Å². The van der Waals surface area contributed by atoms with Crippen molar-refractivity contribution in [1.82, 2.24) is 20.3 Å². The van der Waals surface area contributed by atoms with E-state index in [1.807, 2.05) is 30.5 Å². The van der Waals surface area contributed by atoms with Crippen LogP contribution in [0.2, 0.25) is 5.02 Å². The summed E-state index contributed by atoms with van der Waals surface area (Å²) >= 11 is 8.07. The van der Waals surface area contributed by atoms with Crippen LogP contribution in [-0.4, -0.2) is 53.7 Å². The van der Waals surface area contributed by atoms with Gasteiger partial charge in [-0.1, -0.05) is 11.6 Å². The zero-order valence-corrected chi connectivity index (χ0v) is 19.0. The van der Waals surface area contributed by atoms with Crippen LogP contribution in [0.4, 0.5) is 17.3 Å². The van der Waals surface area contributed by atoms with Gasteiger partial charge in [0, 0.05) is 30.0 Å². The second-order valence-corrected chi connectivity index (χ2v) is 9.22. The maximum Gasteiger partial charge on any atom is 0.253 e. The minimum Gasteiger partial charge on any atom is -0.370 e. The minimum absolute atomic E-state index is 0.0314. The third-order valence-electron chi connectivity index (χ3n) is 5.61. The summed E-state index contributed by atoms with van der Waals surface area (Å²) in [6.07, 6.45) is 5.66. The van der Waals surface area contributed by atoms with Gasteiger partial charge in [-0.2, -0.15) is 0 Å². The molecule has 0 unspecified atom stereocenters. The van der Waals surface area contributed by atoms with E-state index in [0.29, 0.717) is 35.7 Å². The number of nitrogens with one attached hydrogen (secondary N) is 2. The lowest BCUT2D eigenvalue weighted by Crippen LogP contribution is -2.41. The second kappa shape index (κ2) is 9.50. The Kier molecular flexibility index (Phi) is 6.31. The molecule has 4 heterocycles. The summed E-state index contributed by atoms with van der Waals surface area (Å²) in [6.45, 7) is 3.28. The van der Waals surface area contributed by atoms with Crippen molar-refractivity contribution in [2.24, 2.45) is 0 Å². The molecule has 10 heteroatoms. The van der Waals surface area contributed by atoms with E-state index in [1.54, 1.807) is 22.4 Å². The number of benzene rings is 1. The number of thiazole rings is 1. The van der Waals surface area contributed by atoms with Crippen molar-refractivity contribution in [2.45, 2.75) is 18.8 Å². The van der Waals surface area contributed by atoms with Gasteiger partial charge >= 0.3 is 0 Å². The zero-order chi connectivity index (χ0) is 21.9. The Morgan fingerprint density at radius 1 is 1.16 bits per heavy atom. The van der Waals surface area contributed by atoms with Crippen molar-refractivity contribution in [3.05, 3.63) is 46.7 Å². The summed E-state index contributed by atoms with van der Waals surface area (Å²) in [5.74, 6) is 0.914. The highest BCUT2D eigenvalue weighted by atomic mass is 35.5. The van der Waals surface area contributed by atoms with Crippen molar-refractivity contribution < 1.29 is 9.53 Å². The molecule has 3 aromatic rings. The van der Waals surface area contributed by atoms with E-state index in [2.05, 4.69) is 25.6 Å². The van der Waals surface area contributed by atoms with Crippen LogP contribution < -0.4 is 15.5 Å². The molecule has 8 nitrogen and oxygen atoms in total. The molecule has 2 saturated heterocycles. The molecule has 2 aliphatic heterocycles. The van der Waals surface area contributed by atoms with E-state index < -0.39 is 0 Å². The number of ether oxygens (including phenoxy) is 1. The predicted octanol–water partition coefficient (Wildman–Crippen LogP) is 3.83. The molecular formula is C22H23ClN6O2S. The Morgan fingerprint density at radius 2 is 1.97 bits per heavy atom. The lowest BCUT2D eigenvalue weighted by atomic mass is 9.99. The van der Waals surface area contributed by atoms with E-state index in [0.717, 1.165) is 47.2 Å². The predicted molar refractivity (Wildman–Crippen MR) is 126 cm³/mol. The van der Waals surface area contributed by atoms with Crippen molar-refractivity contribution >= 4 is 46.2 Å². The summed E-state index contributed by atoms with van der Waals surface area (Å²) < 4.78 is 5.19. The average molecular weight is 471 g/mol. The van der Waals surface area contributed by atoms with Gasteiger partial charge in [0.05, 0.1) is 27.7 Å². The Hall–Kier alpha value is -2.59. The van der Waals surface area contributed by atoms with E-state index >= 15 is 0 Å². The molecule has 1 aromatic carbocycles. The molecule has 0 bridgehead atoms. The topological polar surface area (TPSA) is 92.3 Å². The number of carbonyl (C=O) groups excluding carboxylic acids is 1. The van der Waals surface area contributed by atoms with Crippen molar-refractivity contribution in [2.75, 3.05) is 43.1 Å². The molecule has 2 aromatic heterocycles. The molecule has 2 N–H and O–H groups in total. The van der Waals surface area contributed by atoms with Crippen LogP contribution in [0.15, 0.2) is 36.7 Å². The van der Waals surface area contributed by atoms with E-state index in [9.17, 15) is 4.79 Å². The van der Waals surface area contributed by atoms with Crippen molar-refractivity contribution in [3.8, 4) is 10.6 Å². The van der Waals surface area contributed by atoms with E-state index in [4.69, 9.17) is 16.3 Å². The van der Waals surface area contributed by atoms with Crippen LogP contribution in [0.1, 0.15) is 23.8 Å². The highest BCUT2D eigenvalue weighted by Gasteiger charge is 2.21. The molecule has 0 aliphatic carbocycles. The van der Waals surface area contributed by atoms with E-state index in [1.165, 1.54) is 0 Å². The van der Waals surface area contributed by atoms with Crippen LogP contribution in [-0.2, 0) is 9.53 Å². The maximum atomic E-state index is 12.0. The number of rotatable bonds is 5. The molecule has 5 rings (SSSR count). The summed E-state index contributed by atoms with van der Waals surface area (Å²) in [5, 5.41) is 8.24. The fraction of sp³-hybridized carbons (Fsp3) is 0.364. The number of hydrogen-bond acceptors (Lipinski definition) is 8. The summed E-state index contributed by atoms with van der Waals surface area (Å²) in [6, 6.07) is 7.60. The first-order valence-electron chi connectivity index (χ1n) is 10.6. The van der Waals surface area contributed by atoms with Crippen LogP contribution in [0.3, 0.4) is 0 Å². The van der Waals surface area contributed by atoms with Crippen molar-refractivity contribution in [1.29, 1.82) is 0 Å². The first kappa shape index (κ1) is 21.3. The van der Waals surface area contributed by atoms with Gasteiger partial charge in [0.25, 0.3) is 5.91 Å². The van der Waals surface area contributed by atoms with Crippen LogP contribution >= 0.6 is 22.9 Å². The quantitative estimate of drug-likeness (QED) is 0.585. The number of hydrogen-bond donors (Lipinski definition) is 2. The van der Waals surface area contributed by atoms with E-state index in [-0.39, 0.29) is 12.5 Å². The van der Waals surface area contributed by atoms with Gasteiger partial charge in [-0.25, -0.2) is 15.0 Å². The maximum absolute atomic E-state index is 12.0. The van der Waals surface area contributed by atoms with Gasteiger partial charge in [-0.15, -0.1) is 11.3 Å². The summed E-state index contributed by atoms with van der Waals surface area (Å²) in [7, 11) is 0. The minimum atomic E-state index is -0.0314. The number of carbonyl (C=O) groups is 1. The molecule has 1 amide bonds. The van der Waals surface area contributed by atoms with Gasteiger partial charge in [-0.3, -0.25) is 4.79 Å².